The zero-order valence-electron chi connectivity index (χ0n) is 13.9. The van der Waals surface area contributed by atoms with Crippen LogP contribution in [0.15, 0.2) is 36.5 Å². The molecule has 0 aromatic carbocycles. The lowest BCUT2D eigenvalue weighted by Gasteiger charge is -2.32. The van der Waals surface area contributed by atoms with Crippen LogP contribution >= 0.6 is 0 Å². The quantitative estimate of drug-likeness (QED) is 0.916. The van der Waals surface area contributed by atoms with Crippen LogP contribution in [-0.2, 0) is 10.0 Å². The van der Waals surface area contributed by atoms with Gasteiger partial charge in [0.25, 0.3) is 0 Å². The van der Waals surface area contributed by atoms with Crippen molar-refractivity contribution >= 4 is 15.8 Å². The number of piperidine rings is 1. The number of aromatic nitrogens is 2. The second-order valence-corrected chi connectivity index (χ2v) is 8.03. The molecule has 0 saturated carbocycles. The molecule has 3 heterocycles. The first-order valence-electron chi connectivity index (χ1n) is 8.03. The third-order valence-corrected chi connectivity index (χ3v) is 4.87. The predicted octanol–water partition coefficient (Wildman–Crippen LogP) is 1.97. The number of hydrogen-bond acceptors (Lipinski definition) is 5. The molecule has 0 unspecified atom stereocenters. The fourth-order valence-electron chi connectivity index (χ4n) is 2.89. The first-order chi connectivity index (χ1) is 11.4. The number of sulfonamides is 1. The Morgan fingerprint density at radius 2 is 1.88 bits per heavy atom. The molecule has 0 aliphatic carbocycles. The van der Waals surface area contributed by atoms with Gasteiger partial charge in [-0.15, -0.1) is 0 Å². The number of hydrogen-bond donors (Lipinski definition) is 1. The maximum Gasteiger partial charge on any atom is 0.208 e. The van der Waals surface area contributed by atoms with E-state index in [1.54, 1.807) is 0 Å². The van der Waals surface area contributed by atoms with E-state index in [1.807, 2.05) is 43.5 Å². The summed E-state index contributed by atoms with van der Waals surface area (Å²) in [6, 6.07) is 9.95. The van der Waals surface area contributed by atoms with Gasteiger partial charge in [-0.2, -0.15) is 0 Å². The molecule has 2 aromatic rings. The lowest BCUT2D eigenvalue weighted by molar-refractivity contribution is 0.460. The van der Waals surface area contributed by atoms with E-state index < -0.39 is 10.0 Å². The molecular weight excluding hydrogens is 324 g/mol. The SMILES string of the molecule is Cc1ccc(-c2cccc(N3CCC(NS(C)(=O)=O)CC3)n2)nc1. The summed E-state index contributed by atoms with van der Waals surface area (Å²) >= 11 is 0. The van der Waals surface area contributed by atoms with Crippen LogP contribution in [0.3, 0.4) is 0 Å². The van der Waals surface area contributed by atoms with Gasteiger partial charge >= 0.3 is 0 Å². The van der Waals surface area contributed by atoms with Crippen LogP contribution < -0.4 is 9.62 Å². The Morgan fingerprint density at radius 1 is 1.12 bits per heavy atom. The molecule has 1 aliphatic heterocycles. The summed E-state index contributed by atoms with van der Waals surface area (Å²) < 4.78 is 25.4. The topological polar surface area (TPSA) is 75.2 Å². The van der Waals surface area contributed by atoms with Crippen molar-refractivity contribution in [1.29, 1.82) is 0 Å². The molecule has 1 saturated heterocycles. The summed E-state index contributed by atoms with van der Waals surface area (Å²) in [7, 11) is -3.14. The molecule has 128 valence electrons. The summed E-state index contributed by atoms with van der Waals surface area (Å²) in [6.45, 7) is 3.57. The zero-order chi connectivity index (χ0) is 17.2. The van der Waals surface area contributed by atoms with Gasteiger partial charge in [0.15, 0.2) is 0 Å². The average Bonchev–Trinajstić information content (AvgIpc) is 2.55. The highest BCUT2D eigenvalue weighted by atomic mass is 32.2. The molecule has 1 fully saturated rings. The van der Waals surface area contributed by atoms with Crippen molar-refractivity contribution in [2.75, 3.05) is 24.2 Å². The van der Waals surface area contributed by atoms with Crippen LogP contribution in [0.4, 0.5) is 5.82 Å². The van der Waals surface area contributed by atoms with E-state index in [9.17, 15) is 8.42 Å². The van der Waals surface area contributed by atoms with Crippen molar-refractivity contribution in [1.82, 2.24) is 14.7 Å². The minimum atomic E-state index is -3.14. The maximum absolute atomic E-state index is 11.3. The van der Waals surface area contributed by atoms with Crippen molar-refractivity contribution in [3.05, 3.63) is 42.1 Å². The largest absolute Gasteiger partial charge is 0.356 e. The van der Waals surface area contributed by atoms with E-state index in [0.29, 0.717) is 0 Å². The minimum Gasteiger partial charge on any atom is -0.356 e. The fourth-order valence-corrected chi connectivity index (χ4v) is 3.73. The number of nitrogens with one attached hydrogen (secondary N) is 1. The Hall–Kier alpha value is -1.99. The minimum absolute atomic E-state index is 0.0122. The lowest BCUT2D eigenvalue weighted by atomic mass is 10.1. The van der Waals surface area contributed by atoms with Crippen LogP contribution in [0.1, 0.15) is 18.4 Å². The van der Waals surface area contributed by atoms with Crippen LogP contribution in [0.5, 0.6) is 0 Å². The van der Waals surface area contributed by atoms with E-state index in [0.717, 1.165) is 48.7 Å². The second-order valence-electron chi connectivity index (χ2n) is 6.25. The molecular formula is C17H22N4O2S. The molecule has 24 heavy (non-hydrogen) atoms. The van der Waals surface area contributed by atoms with Gasteiger partial charge in [0.05, 0.1) is 17.6 Å². The molecule has 0 bridgehead atoms. The van der Waals surface area contributed by atoms with Crippen molar-refractivity contribution < 1.29 is 8.42 Å². The Morgan fingerprint density at radius 3 is 2.50 bits per heavy atom. The summed E-state index contributed by atoms with van der Waals surface area (Å²) in [5, 5.41) is 0. The lowest BCUT2D eigenvalue weighted by Crippen LogP contribution is -2.44. The maximum atomic E-state index is 11.3. The fraction of sp³-hybridized carbons (Fsp3) is 0.412. The van der Waals surface area contributed by atoms with Gasteiger partial charge in [-0.05, 0) is 43.5 Å². The Balaban J connectivity index is 1.70. The Labute approximate surface area is 143 Å². The molecule has 6 nitrogen and oxygen atoms in total. The normalized spacial score (nSPS) is 16.3. The standard InChI is InChI=1S/C17H22N4O2S/c1-13-6-7-15(18-12-13)16-4-3-5-17(19-16)21-10-8-14(9-11-21)20-24(2,22)23/h3-7,12,14,20H,8-11H2,1-2H3. The summed E-state index contributed by atoms with van der Waals surface area (Å²) in [6.07, 6.45) is 4.61. The Bertz CT molecular complexity index is 798. The van der Waals surface area contributed by atoms with Gasteiger partial charge in [0.2, 0.25) is 10.0 Å². The molecule has 0 radical (unpaired) electrons. The smallest absolute Gasteiger partial charge is 0.208 e. The van der Waals surface area contributed by atoms with Crippen molar-refractivity contribution in [3.63, 3.8) is 0 Å². The van der Waals surface area contributed by atoms with Crippen LogP contribution in [-0.4, -0.2) is 43.8 Å². The van der Waals surface area contributed by atoms with E-state index in [1.165, 1.54) is 6.26 Å². The highest BCUT2D eigenvalue weighted by molar-refractivity contribution is 7.88. The molecule has 0 amide bonds. The van der Waals surface area contributed by atoms with Crippen LogP contribution in [0.2, 0.25) is 0 Å². The third-order valence-electron chi connectivity index (χ3n) is 4.11. The highest BCUT2D eigenvalue weighted by Gasteiger charge is 2.22. The van der Waals surface area contributed by atoms with Crippen molar-refractivity contribution in [2.45, 2.75) is 25.8 Å². The number of pyridine rings is 2. The molecule has 3 rings (SSSR count). The third kappa shape index (κ3) is 4.30. The number of nitrogens with zero attached hydrogens (tertiary/aromatic N) is 3. The number of rotatable bonds is 4. The zero-order valence-corrected chi connectivity index (χ0v) is 14.8. The van der Waals surface area contributed by atoms with Gasteiger partial charge in [0, 0.05) is 25.3 Å². The van der Waals surface area contributed by atoms with Gasteiger partial charge in [-0.1, -0.05) is 12.1 Å². The van der Waals surface area contributed by atoms with E-state index in [4.69, 9.17) is 4.98 Å². The van der Waals surface area contributed by atoms with Crippen molar-refractivity contribution in [3.8, 4) is 11.4 Å². The van der Waals surface area contributed by atoms with Gasteiger partial charge in [-0.3, -0.25) is 4.98 Å². The summed E-state index contributed by atoms with van der Waals surface area (Å²) in [5.41, 5.74) is 2.83. The first-order valence-corrected chi connectivity index (χ1v) is 9.92. The second kappa shape index (κ2) is 6.86. The van der Waals surface area contributed by atoms with Gasteiger partial charge in [0.1, 0.15) is 5.82 Å². The average molecular weight is 346 g/mol. The highest BCUT2D eigenvalue weighted by Crippen LogP contribution is 2.22. The van der Waals surface area contributed by atoms with E-state index in [-0.39, 0.29) is 6.04 Å². The van der Waals surface area contributed by atoms with E-state index in [2.05, 4.69) is 14.6 Å². The molecule has 7 heteroatoms. The predicted molar refractivity (Wildman–Crippen MR) is 95.4 cm³/mol. The van der Waals surface area contributed by atoms with Crippen LogP contribution in [0.25, 0.3) is 11.4 Å². The molecule has 0 atom stereocenters. The first kappa shape index (κ1) is 16.9. The van der Waals surface area contributed by atoms with Crippen molar-refractivity contribution in [2.24, 2.45) is 0 Å². The molecule has 1 aliphatic rings. The summed E-state index contributed by atoms with van der Waals surface area (Å²) in [4.78, 5) is 11.3. The number of anilines is 1. The molecule has 1 N–H and O–H groups in total. The number of aryl methyl sites for hydroxylation is 1. The molecule has 2 aromatic heterocycles. The monoisotopic (exact) mass is 346 g/mol. The van der Waals surface area contributed by atoms with Gasteiger partial charge in [-0.25, -0.2) is 18.1 Å². The van der Waals surface area contributed by atoms with E-state index >= 15 is 0 Å². The van der Waals surface area contributed by atoms with Gasteiger partial charge < -0.3 is 4.90 Å². The van der Waals surface area contributed by atoms with Crippen LogP contribution in [0, 0.1) is 6.92 Å². The molecule has 0 spiro atoms. The Kier molecular flexibility index (Phi) is 4.82. The summed E-state index contributed by atoms with van der Waals surface area (Å²) in [5.74, 6) is 0.910.